The van der Waals surface area contributed by atoms with Crippen molar-refractivity contribution >= 4 is 16.6 Å². The van der Waals surface area contributed by atoms with Crippen LogP contribution in [0.1, 0.15) is 6.42 Å². The minimum atomic E-state index is -0.205. The Bertz CT molecular complexity index is 751. The van der Waals surface area contributed by atoms with Crippen molar-refractivity contribution in [3.63, 3.8) is 0 Å². The number of nitrogen functional groups attached to an aromatic ring is 1. The van der Waals surface area contributed by atoms with Gasteiger partial charge in [0.05, 0.1) is 12.3 Å². The molecule has 108 valence electrons. The molecule has 0 atom stereocenters. The van der Waals surface area contributed by atoms with E-state index in [9.17, 15) is 4.39 Å². The van der Waals surface area contributed by atoms with Gasteiger partial charge in [-0.05, 0) is 42.8 Å². The van der Waals surface area contributed by atoms with Gasteiger partial charge in [0.1, 0.15) is 11.6 Å². The highest BCUT2D eigenvalue weighted by atomic mass is 19.1. The van der Waals surface area contributed by atoms with Crippen LogP contribution in [0.5, 0.6) is 5.75 Å². The first-order valence-electron chi connectivity index (χ1n) is 6.96. The summed E-state index contributed by atoms with van der Waals surface area (Å²) < 4.78 is 20.9. The number of ether oxygens (including phenoxy) is 1. The number of hydrogen-bond donors (Lipinski definition) is 1. The van der Waals surface area contributed by atoms with Crippen molar-refractivity contribution in [2.24, 2.45) is 0 Å². The Balaban J connectivity index is 1.59. The quantitative estimate of drug-likeness (QED) is 0.571. The summed E-state index contributed by atoms with van der Waals surface area (Å²) in [6, 6.07) is 14.2. The lowest BCUT2D eigenvalue weighted by Crippen LogP contribution is -2.04. The number of aryl methyl sites for hydroxylation is 1. The first-order valence-corrected chi connectivity index (χ1v) is 6.96. The second-order valence-electron chi connectivity index (χ2n) is 4.95. The van der Waals surface area contributed by atoms with E-state index in [0.29, 0.717) is 12.3 Å². The van der Waals surface area contributed by atoms with Crippen LogP contribution < -0.4 is 10.5 Å². The number of anilines is 1. The molecular weight excluding hydrogens is 267 g/mol. The Morgan fingerprint density at radius 3 is 2.81 bits per heavy atom. The Morgan fingerprint density at radius 2 is 1.95 bits per heavy atom. The standard InChI is InChI=1S/C17H17FN2O/c18-14-6-7-16-13(12-14)8-10-20(16)9-3-11-21-17-5-2-1-4-15(17)19/h1-2,4-8,10,12H,3,9,11,19H2. The first-order chi connectivity index (χ1) is 10.2. The van der Waals surface area contributed by atoms with Gasteiger partial charge in [0.2, 0.25) is 0 Å². The molecule has 3 aromatic rings. The molecule has 0 amide bonds. The van der Waals surface area contributed by atoms with Crippen LogP contribution in [-0.2, 0) is 6.54 Å². The van der Waals surface area contributed by atoms with Crippen molar-refractivity contribution in [1.82, 2.24) is 4.57 Å². The lowest BCUT2D eigenvalue weighted by Gasteiger charge is -2.09. The normalized spacial score (nSPS) is 10.9. The molecule has 1 aromatic heterocycles. The number of para-hydroxylation sites is 2. The summed E-state index contributed by atoms with van der Waals surface area (Å²) in [7, 11) is 0. The van der Waals surface area contributed by atoms with Gasteiger partial charge in [0.15, 0.2) is 0 Å². The first kappa shape index (κ1) is 13.5. The van der Waals surface area contributed by atoms with Gasteiger partial charge in [0.25, 0.3) is 0 Å². The maximum Gasteiger partial charge on any atom is 0.142 e. The van der Waals surface area contributed by atoms with Gasteiger partial charge < -0.3 is 15.0 Å². The predicted octanol–water partition coefficient (Wildman–Crippen LogP) is 3.83. The maximum atomic E-state index is 13.1. The van der Waals surface area contributed by atoms with E-state index in [1.807, 2.05) is 36.5 Å². The Hall–Kier alpha value is -2.49. The van der Waals surface area contributed by atoms with E-state index in [0.717, 1.165) is 29.6 Å². The zero-order chi connectivity index (χ0) is 14.7. The predicted molar refractivity (Wildman–Crippen MR) is 82.9 cm³/mol. The topological polar surface area (TPSA) is 40.2 Å². The molecule has 21 heavy (non-hydrogen) atoms. The zero-order valence-corrected chi connectivity index (χ0v) is 11.6. The Labute approximate surface area is 122 Å². The van der Waals surface area contributed by atoms with Crippen LogP contribution in [0.25, 0.3) is 10.9 Å². The lowest BCUT2D eigenvalue weighted by molar-refractivity contribution is 0.304. The van der Waals surface area contributed by atoms with Crippen LogP contribution in [0.15, 0.2) is 54.7 Å². The molecule has 3 nitrogen and oxygen atoms in total. The molecule has 0 aliphatic carbocycles. The maximum absolute atomic E-state index is 13.1. The van der Waals surface area contributed by atoms with Gasteiger partial charge in [-0.25, -0.2) is 4.39 Å². The second-order valence-corrected chi connectivity index (χ2v) is 4.95. The summed E-state index contributed by atoms with van der Waals surface area (Å²) in [5.41, 5.74) is 7.51. The summed E-state index contributed by atoms with van der Waals surface area (Å²) >= 11 is 0. The average Bonchev–Trinajstić information content (AvgIpc) is 2.87. The molecule has 0 saturated carbocycles. The fraction of sp³-hybridized carbons (Fsp3) is 0.176. The average molecular weight is 284 g/mol. The third-order valence-electron chi connectivity index (χ3n) is 3.45. The molecule has 2 aromatic carbocycles. The number of fused-ring (bicyclic) bond motifs is 1. The Morgan fingerprint density at radius 1 is 1.10 bits per heavy atom. The highest BCUT2D eigenvalue weighted by Crippen LogP contribution is 2.20. The molecule has 0 bridgehead atoms. The number of hydrogen-bond acceptors (Lipinski definition) is 2. The summed E-state index contributed by atoms with van der Waals surface area (Å²) in [6.45, 7) is 1.41. The van der Waals surface area contributed by atoms with E-state index in [1.54, 1.807) is 12.1 Å². The van der Waals surface area contributed by atoms with Crippen LogP contribution in [-0.4, -0.2) is 11.2 Å². The number of rotatable bonds is 5. The number of halogens is 1. The fourth-order valence-corrected chi connectivity index (χ4v) is 2.39. The molecule has 0 saturated heterocycles. The van der Waals surface area contributed by atoms with E-state index in [1.165, 1.54) is 6.07 Å². The molecule has 0 aliphatic heterocycles. The highest BCUT2D eigenvalue weighted by Gasteiger charge is 2.03. The molecule has 0 fully saturated rings. The van der Waals surface area contributed by atoms with Gasteiger partial charge in [-0.15, -0.1) is 0 Å². The van der Waals surface area contributed by atoms with E-state index in [2.05, 4.69) is 4.57 Å². The molecule has 2 N–H and O–H groups in total. The van der Waals surface area contributed by atoms with Gasteiger partial charge in [-0.1, -0.05) is 12.1 Å². The van der Waals surface area contributed by atoms with Crippen molar-refractivity contribution in [2.45, 2.75) is 13.0 Å². The lowest BCUT2D eigenvalue weighted by atomic mass is 10.2. The van der Waals surface area contributed by atoms with Crippen molar-refractivity contribution < 1.29 is 9.13 Å². The van der Waals surface area contributed by atoms with Crippen LogP contribution >= 0.6 is 0 Å². The van der Waals surface area contributed by atoms with E-state index in [4.69, 9.17) is 10.5 Å². The summed E-state index contributed by atoms with van der Waals surface area (Å²) in [5.74, 6) is 0.514. The minimum absolute atomic E-state index is 0.205. The molecule has 1 heterocycles. The van der Waals surface area contributed by atoms with Gasteiger partial charge in [0, 0.05) is 23.6 Å². The van der Waals surface area contributed by atoms with Crippen LogP contribution in [0.4, 0.5) is 10.1 Å². The van der Waals surface area contributed by atoms with Crippen molar-refractivity contribution in [3.8, 4) is 5.75 Å². The second kappa shape index (κ2) is 5.87. The number of nitrogens with zero attached hydrogens (tertiary/aromatic N) is 1. The molecule has 0 unspecified atom stereocenters. The zero-order valence-electron chi connectivity index (χ0n) is 11.6. The van der Waals surface area contributed by atoms with Crippen LogP contribution in [0, 0.1) is 5.82 Å². The summed E-state index contributed by atoms with van der Waals surface area (Å²) in [5, 5.41) is 0.920. The fourth-order valence-electron chi connectivity index (χ4n) is 2.39. The van der Waals surface area contributed by atoms with E-state index in [-0.39, 0.29) is 5.82 Å². The monoisotopic (exact) mass is 284 g/mol. The van der Waals surface area contributed by atoms with Gasteiger partial charge in [-0.3, -0.25) is 0 Å². The summed E-state index contributed by atoms with van der Waals surface area (Å²) in [4.78, 5) is 0. The van der Waals surface area contributed by atoms with Crippen LogP contribution in [0.3, 0.4) is 0 Å². The van der Waals surface area contributed by atoms with E-state index < -0.39 is 0 Å². The minimum Gasteiger partial charge on any atom is -0.491 e. The molecule has 0 aliphatic rings. The van der Waals surface area contributed by atoms with Crippen molar-refractivity contribution in [2.75, 3.05) is 12.3 Å². The van der Waals surface area contributed by atoms with Gasteiger partial charge in [-0.2, -0.15) is 0 Å². The number of nitrogens with two attached hydrogens (primary N) is 1. The van der Waals surface area contributed by atoms with Gasteiger partial charge >= 0.3 is 0 Å². The number of benzene rings is 2. The molecular formula is C17H17FN2O. The largest absolute Gasteiger partial charge is 0.491 e. The molecule has 0 radical (unpaired) electrons. The summed E-state index contributed by atoms with van der Waals surface area (Å²) in [6.07, 6.45) is 2.83. The smallest absolute Gasteiger partial charge is 0.142 e. The SMILES string of the molecule is Nc1ccccc1OCCCn1ccc2cc(F)ccc21. The third kappa shape index (κ3) is 2.99. The molecule has 3 rings (SSSR count). The van der Waals surface area contributed by atoms with Crippen molar-refractivity contribution in [3.05, 3.63) is 60.5 Å². The molecule has 0 spiro atoms. The number of aromatic nitrogens is 1. The van der Waals surface area contributed by atoms with Crippen molar-refractivity contribution in [1.29, 1.82) is 0 Å². The molecule has 4 heteroatoms. The van der Waals surface area contributed by atoms with E-state index >= 15 is 0 Å². The highest BCUT2D eigenvalue weighted by molar-refractivity contribution is 5.80. The third-order valence-corrected chi connectivity index (χ3v) is 3.45. The Kier molecular flexibility index (Phi) is 3.77. The van der Waals surface area contributed by atoms with Crippen LogP contribution in [0.2, 0.25) is 0 Å².